The summed E-state index contributed by atoms with van der Waals surface area (Å²) in [4.78, 5) is 0. The number of anilines is 1. The number of nitrogen functional groups attached to an aromatic ring is 1. The molecule has 0 saturated heterocycles. The van der Waals surface area contributed by atoms with Crippen molar-refractivity contribution in [3.05, 3.63) is 28.8 Å². The van der Waals surface area contributed by atoms with Crippen molar-refractivity contribution in [2.75, 3.05) is 5.73 Å². The maximum Gasteiger partial charge on any atom is 0.245 e. The summed E-state index contributed by atoms with van der Waals surface area (Å²) in [6.45, 7) is 1.92. The lowest BCUT2D eigenvalue weighted by Crippen LogP contribution is -2.04. The van der Waals surface area contributed by atoms with Gasteiger partial charge in [0.25, 0.3) is 0 Å². The molecule has 0 fully saturated rings. The molecule has 0 unspecified atom stereocenters. The van der Waals surface area contributed by atoms with Gasteiger partial charge in [-0.25, -0.2) is 0 Å². The third kappa shape index (κ3) is 1.42. The van der Waals surface area contributed by atoms with Crippen LogP contribution in [0.5, 0.6) is 0 Å². The summed E-state index contributed by atoms with van der Waals surface area (Å²) in [6.07, 6.45) is 0. The summed E-state index contributed by atoms with van der Waals surface area (Å²) in [6, 6.07) is 5.42. The number of hydrogen-bond donors (Lipinski definition) is 1. The highest BCUT2D eigenvalue weighted by Crippen LogP contribution is 2.19. The van der Waals surface area contributed by atoms with Gasteiger partial charge in [0.05, 0.1) is 5.69 Å². The molecule has 0 atom stereocenters. The second-order valence-electron chi connectivity index (χ2n) is 2.88. The first-order valence-electron chi connectivity index (χ1n) is 3.99. The Labute approximate surface area is 85.5 Å². The Kier molecular flexibility index (Phi) is 2.09. The van der Waals surface area contributed by atoms with E-state index in [4.69, 9.17) is 17.3 Å². The first-order valence-corrected chi connectivity index (χ1v) is 4.36. The molecule has 5 nitrogen and oxygen atoms in total. The number of nitrogens with two attached hydrogens (primary N) is 1. The average molecular weight is 210 g/mol. The van der Waals surface area contributed by atoms with Crippen LogP contribution in [0.1, 0.15) is 5.56 Å². The summed E-state index contributed by atoms with van der Waals surface area (Å²) in [5, 5.41) is 11.5. The third-order valence-electron chi connectivity index (χ3n) is 1.88. The molecule has 0 aliphatic heterocycles. The molecule has 0 bridgehead atoms. The SMILES string of the molecule is Cc1cc(Cl)ccc1-n1nnnc1N. The van der Waals surface area contributed by atoms with Gasteiger partial charge in [0.1, 0.15) is 0 Å². The second-order valence-corrected chi connectivity index (χ2v) is 3.32. The van der Waals surface area contributed by atoms with Crippen molar-refractivity contribution in [1.29, 1.82) is 0 Å². The average Bonchev–Trinajstić information content (AvgIpc) is 2.52. The molecule has 1 heterocycles. The number of nitrogens with zero attached hydrogens (tertiary/aromatic N) is 4. The monoisotopic (exact) mass is 209 g/mol. The fraction of sp³-hybridized carbons (Fsp3) is 0.125. The van der Waals surface area contributed by atoms with Gasteiger partial charge in [0.15, 0.2) is 0 Å². The van der Waals surface area contributed by atoms with Crippen LogP contribution in [0.25, 0.3) is 5.69 Å². The standard InChI is InChI=1S/C8H8ClN5/c1-5-4-6(9)2-3-7(5)14-8(10)11-12-13-14/h2-4H,1H3,(H2,10,11,13). The predicted molar refractivity (Wildman–Crippen MR) is 53.3 cm³/mol. The molecule has 0 aliphatic carbocycles. The topological polar surface area (TPSA) is 69.6 Å². The summed E-state index contributed by atoms with van der Waals surface area (Å²) in [5.74, 6) is 0.260. The maximum atomic E-state index is 5.83. The van der Waals surface area contributed by atoms with Crippen LogP contribution in [0.3, 0.4) is 0 Å². The number of aromatic nitrogens is 4. The Balaban J connectivity index is 2.58. The molecule has 0 radical (unpaired) electrons. The van der Waals surface area contributed by atoms with Gasteiger partial charge in [-0.2, -0.15) is 4.68 Å². The molecule has 2 N–H and O–H groups in total. The Bertz CT molecular complexity index is 465. The summed E-state index contributed by atoms with van der Waals surface area (Å²) < 4.78 is 1.46. The number of hydrogen-bond acceptors (Lipinski definition) is 4. The number of tetrazole rings is 1. The van der Waals surface area contributed by atoms with Crippen LogP contribution < -0.4 is 5.73 Å². The number of aryl methyl sites for hydroxylation is 1. The molecule has 14 heavy (non-hydrogen) atoms. The van der Waals surface area contributed by atoms with Crippen LogP contribution in [-0.2, 0) is 0 Å². The summed E-state index contributed by atoms with van der Waals surface area (Å²) in [7, 11) is 0. The van der Waals surface area contributed by atoms with E-state index >= 15 is 0 Å². The number of benzene rings is 1. The molecule has 72 valence electrons. The van der Waals surface area contributed by atoms with Crippen molar-refractivity contribution in [3.63, 3.8) is 0 Å². The minimum absolute atomic E-state index is 0.260. The molecular formula is C8H8ClN5. The molecule has 0 amide bonds. The van der Waals surface area contributed by atoms with Crippen LogP contribution >= 0.6 is 11.6 Å². The van der Waals surface area contributed by atoms with E-state index in [-0.39, 0.29) is 5.95 Å². The van der Waals surface area contributed by atoms with Crippen molar-refractivity contribution in [2.45, 2.75) is 6.92 Å². The van der Waals surface area contributed by atoms with Crippen LogP contribution in [0.4, 0.5) is 5.95 Å². The van der Waals surface area contributed by atoms with E-state index in [0.717, 1.165) is 11.3 Å². The summed E-state index contributed by atoms with van der Waals surface area (Å²) in [5.41, 5.74) is 7.37. The zero-order chi connectivity index (χ0) is 10.1. The highest BCUT2D eigenvalue weighted by molar-refractivity contribution is 6.30. The van der Waals surface area contributed by atoms with Crippen molar-refractivity contribution in [3.8, 4) is 5.69 Å². The van der Waals surface area contributed by atoms with Gasteiger partial charge in [-0.1, -0.05) is 16.7 Å². The van der Waals surface area contributed by atoms with Crippen molar-refractivity contribution < 1.29 is 0 Å². The first kappa shape index (κ1) is 8.96. The molecule has 6 heteroatoms. The van der Waals surface area contributed by atoms with E-state index in [2.05, 4.69) is 15.5 Å². The number of halogens is 1. The van der Waals surface area contributed by atoms with E-state index < -0.39 is 0 Å². The lowest BCUT2D eigenvalue weighted by atomic mass is 10.2. The van der Waals surface area contributed by atoms with Gasteiger partial charge < -0.3 is 5.73 Å². The van der Waals surface area contributed by atoms with Gasteiger partial charge in [0, 0.05) is 5.02 Å². The quantitative estimate of drug-likeness (QED) is 0.767. The molecular weight excluding hydrogens is 202 g/mol. The normalized spacial score (nSPS) is 10.4. The van der Waals surface area contributed by atoms with Gasteiger partial charge in [-0.05, 0) is 41.1 Å². The largest absolute Gasteiger partial charge is 0.366 e. The predicted octanol–water partition coefficient (Wildman–Crippen LogP) is 1.21. The van der Waals surface area contributed by atoms with Crippen molar-refractivity contribution in [2.24, 2.45) is 0 Å². The maximum absolute atomic E-state index is 5.83. The highest BCUT2D eigenvalue weighted by Gasteiger charge is 2.06. The Morgan fingerprint density at radius 3 is 2.79 bits per heavy atom. The number of rotatable bonds is 1. The van der Waals surface area contributed by atoms with Crippen molar-refractivity contribution in [1.82, 2.24) is 20.2 Å². The molecule has 0 aliphatic rings. The van der Waals surface area contributed by atoms with E-state index in [1.807, 2.05) is 19.1 Å². The second kappa shape index (κ2) is 3.26. The fourth-order valence-corrected chi connectivity index (χ4v) is 1.45. The molecule has 1 aromatic heterocycles. The Morgan fingerprint density at radius 1 is 1.43 bits per heavy atom. The van der Waals surface area contributed by atoms with E-state index in [1.54, 1.807) is 6.07 Å². The van der Waals surface area contributed by atoms with Crippen molar-refractivity contribution >= 4 is 17.5 Å². The Morgan fingerprint density at radius 2 is 2.21 bits per heavy atom. The highest BCUT2D eigenvalue weighted by atomic mass is 35.5. The lowest BCUT2D eigenvalue weighted by Gasteiger charge is -2.05. The van der Waals surface area contributed by atoms with Crippen LogP contribution in [0.15, 0.2) is 18.2 Å². The Hall–Kier alpha value is -1.62. The van der Waals surface area contributed by atoms with E-state index in [9.17, 15) is 0 Å². The van der Waals surface area contributed by atoms with E-state index in [0.29, 0.717) is 5.02 Å². The van der Waals surface area contributed by atoms with Crippen LogP contribution in [0.2, 0.25) is 5.02 Å². The third-order valence-corrected chi connectivity index (χ3v) is 2.12. The smallest absolute Gasteiger partial charge is 0.245 e. The van der Waals surface area contributed by atoms with Gasteiger partial charge in [-0.15, -0.1) is 0 Å². The van der Waals surface area contributed by atoms with Gasteiger partial charge in [-0.3, -0.25) is 0 Å². The molecule has 0 spiro atoms. The molecule has 0 saturated carbocycles. The van der Waals surface area contributed by atoms with E-state index in [1.165, 1.54) is 4.68 Å². The van der Waals surface area contributed by atoms with Crippen LogP contribution in [-0.4, -0.2) is 20.2 Å². The first-order chi connectivity index (χ1) is 6.68. The lowest BCUT2D eigenvalue weighted by molar-refractivity contribution is 0.788. The van der Waals surface area contributed by atoms with Crippen LogP contribution in [0, 0.1) is 6.92 Å². The summed E-state index contributed by atoms with van der Waals surface area (Å²) >= 11 is 5.83. The zero-order valence-electron chi connectivity index (χ0n) is 7.48. The minimum Gasteiger partial charge on any atom is -0.366 e. The fourth-order valence-electron chi connectivity index (χ4n) is 1.22. The zero-order valence-corrected chi connectivity index (χ0v) is 8.23. The molecule has 2 aromatic rings. The molecule has 1 aromatic carbocycles. The van der Waals surface area contributed by atoms with Gasteiger partial charge in [0.2, 0.25) is 5.95 Å². The van der Waals surface area contributed by atoms with Gasteiger partial charge >= 0.3 is 0 Å². The molecule has 2 rings (SSSR count). The minimum atomic E-state index is 0.260.